The summed E-state index contributed by atoms with van der Waals surface area (Å²) in [7, 11) is 1.81. The van der Waals surface area contributed by atoms with Crippen LogP contribution in [-0.4, -0.2) is 14.5 Å². The van der Waals surface area contributed by atoms with Crippen LogP contribution in [-0.2, 0) is 7.05 Å². The largest absolute Gasteiger partial charge is 0.327 e. The number of rotatable bonds is 1. The number of hydrogen-bond acceptors (Lipinski definition) is 2. The van der Waals surface area contributed by atoms with Crippen LogP contribution >= 0.6 is 0 Å². The van der Waals surface area contributed by atoms with Gasteiger partial charge in [-0.1, -0.05) is 6.07 Å². The summed E-state index contributed by atoms with van der Waals surface area (Å²) < 4.78 is 25.3. The van der Waals surface area contributed by atoms with Crippen LogP contribution in [0.2, 0.25) is 0 Å². The van der Waals surface area contributed by atoms with Gasteiger partial charge in [-0.05, 0) is 36.7 Å². The predicted octanol–water partition coefficient (Wildman–Crippen LogP) is 2.94. The van der Waals surface area contributed by atoms with Crippen LogP contribution in [0.5, 0.6) is 0 Å². The standard InChI is InChI=1S/C14H13N3/c1-10-11-6-5-9-16-14(11)17(2)13(10)12-7-3-4-8-15-12/h3-9H,1-2H3/i1D3. The Morgan fingerprint density at radius 1 is 1.12 bits per heavy atom. The maximum absolute atomic E-state index is 7.82. The summed E-state index contributed by atoms with van der Waals surface area (Å²) in [5.74, 6) is 0. The lowest BCUT2D eigenvalue weighted by molar-refractivity contribution is 0.946. The molecule has 0 radical (unpaired) electrons. The molecule has 0 N–H and O–H groups in total. The van der Waals surface area contributed by atoms with Crippen molar-refractivity contribution in [2.45, 2.75) is 6.85 Å². The Morgan fingerprint density at radius 2 is 2.00 bits per heavy atom. The molecule has 0 aliphatic carbocycles. The van der Waals surface area contributed by atoms with Crippen molar-refractivity contribution in [1.29, 1.82) is 0 Å². The zero-order valence-corrected chi connectivity index (χ0v) is 9.38. The summed E-state index contributed by atoms with van der Waals surface area (Å²) in [4.78, 5) is 8.57. The van der Waals surface area contributed by atoms with Gasteiger partial charge < -0.3 is 4.57 Å². The van der Waals surface area contributed by atoms with Crippen LogP contribution in [0.3, 0.4) is 0 Å². The quantitative estimate of drug-likeness (QED) is 0.638. The van der Waals surface area contributed by atoms with Gasteiger partial charge in [0.2, 0.25) is 0 Å². The third kappa shape index (κ3) is 1.43. The average Bonchev–Trinajstić information content (AvgIpc) is 2.73. The summed E-state index contributed by atoms with van der Waals surface area (Å²) in [5.41, 5.74) is 2.19. The van der Waals surface area contributed by atoms with Crippen molar-refractivity contribution in [3.8, 4) is 11.4 Å². The number of aryl methyl sites for hydroxylation is 2. The van der Waals surface area contributed by atoms with E-state index in [0.29, 0.717) is 28.0 Å². The second-order valence-electron chi connectivity index (χ2n) is 3.87. The van der Waals surface area contributed by atoms with Crippen LogP contribution in [0.4, 0.5) is 0 Å². The van der Waals surface area contributed by atoms with E-state index in [2.05, 4.69) is 9.97 Å². The van der Waals surface area contributed by atoms with Crippen molar-refractivity contribution in [3.63, 3.8) is 0 Å². The Bertz CT molecular complexity index is 760. The zero-order valence-electron chi connectivity index (χ0n) is 12.4. The molecule has 0 aromatic carbocycles. The molecule has 0 fully saturated rings. The van der Waals surface area contributed by atoms with Crippen LogP contribution in [0.1, 0.15) is 9.68 Å². The van der Waals surface area contributed by atoms with Crippen molar-refractivity contribution >= 4 is 11.0 Å². The molecule has 0 aliphatic heterocycles. The highest BCUT2D eigenvalue weighted by Gasteiger charge is 2.14. The molecule has 84 valence electrons. The predicted molar refractivity (Wildman–Crippen MR) is 68.7 cm³/mol. The highest BCUT2D eigenvalue weighted by atomic mass is 15.0. The van der Waals surface area contributed by atoms with Crippen LogP contribution in [0.15, 0.2) is 42.7 Å². The van der Waals surface area contributed by atoms with Gasteiger partial charge >= 0.3 is 0 Å². The first kappa shape index (κ1) is 7.22. The van der Waals surface area contributed by atoms with Gasteiger partial charge in [0.1, 0.15) is 5.65 Å². The number of nitrogens with zero attached hydrogens (tertiary/aromatic N) is 3. The van der Waals surface area contributed by atoms with Gasteiger partial charge in [-0.15, -0.1) is 0 Å². The van der Waals surface area contributed by atoms with E-state index in [1.54, 1.807) is 35.2 Å². The monoisotopic (exact) mass is 226 g/mol. The fraction of sp³-hybridized carbons (Fsp3) is 0.143. The maximum atomic E-state index is 7.82. The van der Waals surface area contributed by atoms with Crippen molar-refractivity contribution in [2.24, 2.45) is 7.05 Å². The first-order chi connectivity index (χ1) is 9.50. The van der Waals surface area contributed by atoms with Gasteiger partial charge in [-0.2, -0.15) is 0 Å². The highest BCUT2D eigenvalue weighted by Crippen LogP contribution is 2.29. The first-order valence-electron chi connectivity index (χ1n) is 6.85. The molecule has 0 atom stereocenters. The maximum Gasteiger partial charge on any atom is 0.140 e. The molecule has 0 unspecified atom stereocenters. The normalized spacial score (nSPS) is 14.3. The fourth-order valence-electron chi connectivity index (χ4n) is 2.06. The Hall–Kier alpha value is -2.16. The van der Waals surface area contributed by atoms with E-state index < -0.39 is 6.85 Å². The molecule has 0 aliphatic rings. The molecule has 3 heteroatoms. The lowest BCUT2D eigenvalue weighted by Gasteiger charge is -2.03. The average molecular weight is 226 g/mol. The first-order valence-corrected chi connectivity index (χ1v) is 5.35. The molecule has 3 rings (SSSR count). The molecule has 0 saturated carbocycles. The Kier molecular flexibility index (Phi) is 1.57. The van der Waals surface area contributed by atoms with Crippen molar-refractivity contribution < 1.29 is 4.11 Å². The summed E-state index contributed by atoms with van der Waals surface area (Å²) in [6.45, 7) is -2.21. The third-order valence-electron chi connectivity index (χ3n) is 2.85. The van der Waals surface area contributed by atoms with E-state index in [0.717, 1.165) is 0 Å². The molecule has 3 heterocycles. The lowest BCUT2D eigenvalue weighted by atomic mass is 10.1. The number of fused-ring (bicyclic) bond motifs is 1. The summed E-state index contributed by atoms with van der Waals surface area (Å²) in [6.07, 6.45) is 3.32. The van der Waals surface area contributed by atoms with E-state index >= 15 is 0 Å². The van der Waals surface area contributed by atoms with Gasteiger partial charge in [0.25, 0.3) is 0 Å². The summed E-state index contributed by atoms with van der Waals surface area (Å²) in [6, 6.07) is 9.00. The molecule has 0 amide bonds. The van der Waals surface area contributed by atoms with E-state index in [9.17, 15) is 0 Å². The highest BCUT2D eigenvalue weighted by molar-refractivity contribution is 5.88. The number of hydrogen-bond donors (Lipinski definition) is 0. The van der Waals surface area contributed by atoms with Gasteiger partial charge in [0.15, 0.2) is 0 Å². The minimum absolute atomic E-state index is 0.307. The third-order valence-corrected chi connectivity index (χ3v) is 2.85. The Morgan fingerprint density at radius 3 is 2.76 bits per heavy atom. The zero-order chi connectivity index (χ0) is 14.3. The van der Waals surface area contributed by atoms with Crippen LogP contribution in [0.25, 0.3) is 22.4 Å². The minimum atomic E-state index is -2.21. The van der Waals surface area contributed by atoms with Gasteiger partial charge in [-0.3, -0.25) is 4.98 Å². The second kappa shape index (κ2) is 3.70. The topological polar surface area (TPSA) is 30.7 Å². The minimum Gasteiger partial charge on any atom is -0.327 e. The molecule has 0 saturated heterocycles. The molecule has 3 aromatic rings. The number of pyridine rings is 2. The van der Waals surface area contributed by atoms with E-state index in [-0.39, 0.29) is 0 Å². The van der Waals surface area contributed by atoms with E-state index in [1.165, 1.54) is 0 Å². The number of aromatic nitrogens is 3. The molecular formula is C14H13N3. The molecule has 17 heavy (non-hydrogen) atoms. The summed E-state index contributed by atoms with van der Waals surface area (Å²) >= 11 is 0. The van der Waals surface area contributed by atoms with Gasteiger partial charge in [0.05, 0.1) is 11.4 Å². The van der Waals surface area contributed by atoms with E-state index in [4.69, 9.17) is 4.11 Å². The molecule has 3 aromatic heterocycles. The summed E-state index contributed by atoms with van der Waals surface area (Å²) in [5, 5.41) is 0.649. The second-order valence-corrected chi connectivity index (χ2v) is 3.87. The Balaban J connectivity index is 2.45. The molecular weight excluding hydrogens is 210 g/mol. The van der Waals surface area contributed by atoms with Crippen molar-refractivity contribution in [1.82, 2.24) is 14.5 Å². The van der Waals surface area contributed by atoms with Crippen LogP contribution < -0.4 is 0 Å². The smallest absolute Gasteiger partial charge is 0.140 e. The van der Waals surface area contributed by atoms with Gasteiger partial charge in [0, 0.05) is 28.9 Å². The van der Waals surface area contributed by atoms with Crippen molar-refractivity contribution in [3.05, 3.63) is 48.3 Å². The fourth-order valence-corrected chi connectivity index (χ4v) is 2.06. The van der Waals surface area contributed by atoms with E-state index in [1.807, 2.05) is 19.2 Å². The molecule has 0 spiro atoms. The Labute approximate surface area is 104 Å². The van der Waals surface area contributed by atoms with Gasteiger partial charge in [-0.25, -0.2) is 4.98 Å². The van der Waals surface area contributed by atoms with Crippen molar-refractivity contribution in [2.75, 3.05) is 0 Å². The molecule has 0 bridgehead atoms. The van der Waals surface area contributed by atoms with Crippen LogP contribution in [0, 0.1) is 6.85 Å². The SMILES string of the molecule is [2H]C([2H])([2H])c1c(-c2ccccn2)n(C)c2ncccc12. The molecule has 3 nitrogen and oxygen atoms in total. The lowest BCUT2D eigenvalue weighted by Crippen LogP contribution is -1.94.